The molecule has 0 spiro atoms. The van der Waals surface area contributed by atoms with Gasteiger partial charge in [0.25, 0.3) is 0 Å². The molecule has 0 atom stereocenters. The summed E-state index contributed by atoms with van der Waals surface area (Å²) in [4.78, 5) is 0. The Labute approximate surface area is 487 Å². The molecule has 2 rings (SSSR count). The van der Waals surface area contributed by atoms with Crippen molar-refractivity contribution in [3.63, 3.8) is 0 Å². The molecule has 0 bridgehead atoms. The molecule has 6 heteroatoms. The van der Waals surface area contributed by atoms with E-state index >= 15 is 0 Å². The van der Waals surface area contributed by atoms with E-state index in [-0.39, 0.29) is 0 Å². The zero-order chi connectivity index (χ0) is 56.3. The monoisotopic (exact) mass is 1090 g/mol. The Balaban J connectivity index is 1.86. The Hall–Kier alpha value is -2.44. The van der Waals surface area contributed by atoms with Crippen molar-refractivity contribution in [3.05, 3.63) is 47.5 Å². The molecule has 0 heterocycles. The second kappa shape index (κ2) is 50.3. The maximum absolute atomic E-state index is 6.55. The van der Waals surface area contributed by atoms with Crippen LogP contribution in [0.2, 0.25) is 0 Å². The quantitative estimate of drug-likeness (QED) is 0.0489. The normalized spacial score (nSPS) is 11.9. The summed E-state index contributed by atoms with van der Waals surface area (Å²) in [7, 11) is 9.63. The Morgan fingerprint density at radius 1 is 0.244 bits per heavy atom. The van der Waals surface area contributed by atoms with Gasteiger partial charge in [-0.1, -0.05) is 259 Å². The van der Waals surface area contributed by atoms with Gasteiger partial charge in [0.1, 0.15) is 13.1 Å². The van der Waals surface area contributed by atoms with Crippen LogP contribution in [-0.2, 0) is 13.1 Å². The average molecular weight is 1090 g/mol. The summed E-state index contributed by atoms with van der Waals surface area (Å²) in [6, 6.07) is 13.6. The highest BCUT2D eigenvalue weighted by Crippen LogP contribution is 2.32. The smallest absolute Gasteiger partial charge is 0.161 e. The maximum Gasteiger partial charge on any atom is 0.161 e. The molecule has 2 aromatic carbocycles. The van der Waals surface area contributed by atoms with Crippen molar-refractivity contribution in [1.29, 1.82) is 0 Å². The van der Waals surface area contributed by atoms with E-state index in [2.05, 4.69) is 92.3 Å². The fraction of sp³-hybridized carbons (Fsp3) is 0.833. The van der Waals surface area contributed by atoms with Crippen LogP contribution in [0, 0.1) is 0 Å². The minimum Gasteiger partial charge on any atom is -0.490 e. The summed E-state index contributed by atoms with van der Waals surface area (Å²) < 4.78 is 28.0. The van der Waals surface area contributed by atoms with Gasteiger partial charge in [-0.05, 0) is 87.8 Å². The van der Waals surface area contributed by atoms with Crippen molar-refractivity contribution in [2.45, 2.75) is 323 Å². The van der Waals surface area contributed by atoms with Gasteiger partial charge < -0.3 is 27.9 Å². The van der Waals surface area contributed by atoms with Crippen molar-refractivity contribution in [3.8, 4) is 23.0 Å². The number of unbranched alkanes of at least 4 members (excludes halogenated alkanes) is 39. The van der Waals surface area contributed by atoms with E-state index in [4.69, 9.17) is 18.9 Å². The average Bonchev–Trinajstić information content (AvgIpc) is 3.42. The summed E-state index contributed by atoms with van der Waals surface area (Å²) in [5.74, 6) is 3.77. The molecule has 0 aliphatic carbocycles. The largest absolute Gasteiger partial charge is 0.490 e. The van der Waals surface area contributed by atoms with Crippen LogP contribution in [0.5, 0.6) is 23.0 Å². The van der Waals surface area contributed by atoms with Crippen molar-refractivity contribution >= 4 is 0 Å². The SMILES string of the molecule is CCCCCCCCCCCCOc1ccc(C[N+](C)(C)CCCCCC[N+](C)(C)Cc2ccc(OCCCCCCCCCCCC)c(OCCCCCCCCCCCC)c2)cc1OCCCCCCCCCCCC. The van der Waals surface area contributed by atoms with Crippen LogP contribution in [0.25, 0.3) is 0 Å². The molecule has 0 amide bonds. The van der Waals surface area contributed by atoms with Crippen LogP contribution in [0.3, 0.4) is 0 Å². The molecule has 0 aromatic heterocycles. The molecule has 0 aliphatic rings. The summed E-state index contributed by atoms with van der Waals surface area (Å²) in [6.07, 6.45) is 58.6. The molecule has 0 fully saturated rings. The molecule has 6 nitrogen and oxygen atoms in total. The fourth-order valence-corrected chi connectivity index (χ4v) is 11.4. The minimum atomic E-state index is 0.776. The third kappa shape index (κ3) is 41.5. The lowest BCUT2D eigenvalue weighted by molar-refractivity contribution is -0.904. The van der Waals surface area contributed by atoms with Crippen LogP contribution in [0.15, 0.2) is 36.4 Å². The van der Waals surface area contributed by atoms with Crippen molar-refractivity contribution in [1.82, 2.24) is 0 Å². The summed E-state index contributed by atoms with van der Waals surface area (Å²) in [5, 5.41) is 0. The first-order valence-electron chi connectivity index (χ1n) is 34.5. The zero-order valence-corrected chi connectivity index (χ0v) is 53.8. The summed E-state index contributed by atoms with van der Waals surface area (Å²) >= 11 is 0. The van der Waals surface area contributed by atoms with E-state index in [0.717, 1.165) is 97.2 Å². The van der Waals surface area contributed by atoms with Gasteiger partial charge in [0.05, 0.1) is 67.7 Å². The van der Waals surface area contributed by atoms with Crippen LogP contribution in [0.1, 0.15) is 321 Å². The van der Waals surface area contributed by atoms with Gasteiger partial charge in [0.2, 0.25) is 0 Å². The third-order valence-corrected chi connectivity index (χ3v) is 16.5. The molecule has 454 valence electrons. The van der Waals surface area contributed by atoms with Gasteiger partial charge in [-0.25, -0.2) is 0 Å². The number of quaternary nitrogens is 2. The number of hydrogen-bond acceptors (Lipinski definition) is 4. The second-order valence-corrected chi connectivity index (χ2v) is 25.7. The molecular formula is C72H134N2O4+2. The zero-order valence-electron chi connectivity index (χ0n) is 53.8. The topological polar surface area (TPSA) is 36.9 Å². The molecule has 0 radical (unpaired) electrons. The molecule has 2 aromatic rings. The lowest BCUT2D eigenvalue weighted by atomic mass is 10.1. The van der Waals surface area contributed by atoms with Crippen molar-refractivity contribution < 1.29 is 27.9 Å². The summed E-state index contributed by atoms with van der Waals surface area (Å²) in [6.45, 7) is 16.7. The molecule has 0 N–H and O–H groups in total. The molecule has 0 aliphatic heterocycles. The summed E-state index contributed by atoms with van der Waals surface area (Å²) in [5.41, 5.74) is 2.70. The molecule has 0 saturated heterocycles. The van der Waals surface area contributed by atoms with E-state index < -0.39 is 0 Å². The van der Waals surface area contributed by atoms with Gasteiger partial charge >= 0.3 is 0 Å². The predicted molar refractivity (Wildman–Crippen MR) is 342 cm³/mol. The van der Waals surface area contributed by atoms with Crippen LogP contribution < -0.4 is 18.9 Å². The van der Waals surface area contributed by atoms with E-state index in [0.29, 0.717) is 0 Å². The van der Waals surface area contributed by atoms with Gasteiger partial charge in [-0.3, -0.25) is 0 Å². The van der Waals surface area contributed by atoms with Crippen molar-refractivity contribution in [2.75, 3.05) is 67.7 Å². The molecule has 0 unspecified atom stereocenters. The highest BCUT2D eigenvalue weighted by atomic mass is 16.5. The second-order valence-electron chi connectivity index (χ2n) is 25.7. The lowest BCUT2D eigenvalue weighted by Gasteiger charge is -2.31. The standard InChI is InChI=1S/C72H134N2O4/c1-9-13-17-21-25-29-33-37-43-49-59-75-69-55-53-67(63-71(69)77-61-51-45-39-35-31-27-23-19-15-11-3)65-73(5,6)57-47-41-42-48-58-74(7,8)66-68-54-56-70(76-60-50-44-38-34-30-26-22-18-14-10-2)72(64-68)78-62-52-46-40-36-32-28-24-20-16-12-4/h53-56,63-64H,9-52,57-62,65-66H2,1-8H3/q+2. The minimum absolute atomic E-state index is 0.776. The fourth-order valence-electron chi connectivity index (χ4n) is 11.4. The Morgan fingerprint density at radius 2 is 0.449 bits per heavy atom. The van der Waals surface area contributed by atoms with Crippen LogP contribution in [0.4, 0.5) is 0 Å². The highest BCUT2D eigenvalue weighted by molar-refractivity contribution is 5.43. The van der Waals surface area contributed by atoms with E-state index in [1.807, 2.05) is 0 Å². The first kappa shape index (κ1) is 71.7. The van der Waals surface area contributed by atoms with Crippen LogP contribution in [-0.4, -0.2) is 76.7 Å². The number of hydrogen-bond donors (Lipinski definition) is 0. The number of rotatable bonds is 59. The first-order valence-corrected chi connectivity index (χ1v) is 34.5. The van der Waals surface area contributed by atoms with E-state index in [1.54, 1.807) is 0 Å². The maximum atomic E-state index is 6.55. The van der Waals surface area contributed by atoms with E-state index in [9.17, 15) is 0 Å². The predicted octanol–water partition coefficient (Wildman–Crippen LogP) is 22.3. The van der Waals surface area contributed by atoms with Gasteiger partial charge in [0, 0.05) is 11.1 Å². The Bertz CT molecular complexity index is 1490. The van der Waals surface area contributed by atoms with Gasteiger partial charge in [0.15, 0.2) is 23.0 Å². The lowest BCUT2D eigenvalue weighted by Crippen LogP contribution is -2.40. The number of benzene rings is 2. The molecular weight excluding hydrogens is 957 g/mol. The third-order valence-electron chi connectivity index (χ3n) is 16.5. The first-order chi connectivity index (χ1) is 38.1. The van der Waals surface area contributed by atoms with Gasteiger partial charge in [-0.2, -0.15) is 0 Å². The highest BCUT2D eigenvalue weighted by Gasteiger charge is 2.20. The van der Waals surface area contributed by atoms with E-state index in [1.165, 1.54) is 281 Å². The van der Waals surface area contributed by atoms with Gasteiger partial charge in [-0.15, -0.1) is 0 Å². The number of nitrogens with zero attached hydrogens (tertiary/aromatic N) is 2. The molecule has 78 heavy (non-hydrogen) atoms. The Morgan fingerprint density at radius 3 is 0.692 bits per heavy atom. The molecule has 0 saturated carbocycles. The Kier molecular flexibility index (Phi) is 46.2. The van der Waals surface area contributed by atoms with Crippen molar-refractivity contribution in [2.24, 2.45) is 0 Å². The number of ether oxygens (including phenoxy) is 4. The van der Waals surface area contributed by atoms with Crippen LogP contribution >= 0.6 is 0 Å².